The van der Waals surface area contributed by atoms with Crippen molar-refractivity contribution in [3.05, 3.63) is 75.4 Å². The van der Waals surface area contributed by atoms with Gasteiger partial charge in [0.1, 0.15) is 12.3 Å². The van der Waals surface area contributed by atoms with E-state index >= 15 is 0 Å². The lowest BCUT2D eigenvalue weighted by Crippen LogP contribution is -2.46. The van der Waals surface area contributed by atoms with Gasteiger partial charge in [-0.2, -0.15) is 0 Å². The van der Waals surface area contributed by atoms with Crippen molar-refractivity contribution in [2.24, 2.45) is 0 Å². The Kier molecular flexibility index (Phi) is 7.60. The van der Waals surface area contributed by atoms with Crippen molar-refractivity contribution in [1.82, 2.24) is 10.3 Å². The zero-order valence-corrected chi connectivity index (χ0v) is 21.7. The van der Waals surface area contributed by atoms with Gasteiger partial charge in [0.2, 0.25) is 11.8 Å². The number of carbonyl (C=O) groups excluding carboxylic acids is 2. The van der Waals surface area contributed by atoms with Crippen LogP contribution in [-0.4, -0.2) is 44.4 Å². The topological polar surface area (TPSA) is 118 Å². The maximum absolute atomic E-state index is 13.7. The lowest BCUT2D eigenvalue weighted by molar-refractivity contribution is -0.119. The van der Waals surface area contributed by atoms with Crippen molar-refractivity contribution in [1.29, 1.82) is 0 Å². The van der Waals surface area contributed by atoms with Gasteiger partial charge < -0.3 is 15.4 Å². The van der Waals surface area contributed by atoms with Gasteiger partial charge in [0.15, 0.2) is 0 Å². The first kappa shape index (κ1) is 26.0. The number of aromatic nitrogens is 1. The highest BCUT2D eigenvalue weighted by atomic mass is 35.5. The lowest BCUT2D eigenvalue weighted by atomic mass is 10.2. The quantitative estimate of drug-likeness (QED) is 0.471. The fourth-order valence-electron chi connectivity index (χ4n) is 3.59. The van der Waals surface area contributed by atoms with Gasteiger partial charge in [0, 0.05) is 11.9 Å². The van der Waals surface area contributed by atoms with Gasteiger partial charge in [-0.1, -0.05) is 46.9 Å². The van der Waals surface area contributed by atoms with Gasteiger partial charge in [-0.25, -0.2) is 13.4 Å². The molecule has 0 saturated carbocycles. The summed E-state index contributed by atoms with van der Waals surface area (Å²) < 4.78 is 34.1. The van der Waals surface area contributed by atoms with Crippen LogP contribution in [0.25, 0.3) is 0 Å². The van der Waals surface area contributed by atoms with Crippen molar-refractivity contribution in [3.8, 4) is 5.88 Å². The van der Waals surface area contributed by atoms with Gasteiger partial charge in [-0.05, 0) is 36.4 Å². The number of ether oxygens (including phenoxy) is 1. The minimum Gasteiger partial charge on any atom is -0.474 e. The van der Waals surface area contributed by atoms with Gasteiger partial charge in [-0.15, -0.1) is 0 Å². The van der Waals surface area contributed by atoms with E-state index in [1.165, 1.54) is 49.5 Å². The molecule has 188 valence electrons. The summed E-state index contributed by atoms with van der Waals surface area (Å²) in [6, 6.07) is 11.2. The highest BCUT2D eigenvalue weighted by Crippen LogP contribution is 2.36. The predicted molar refractivity (Wildman–Crippen MR) is 138 cm³/mol. The molecule has 2 heterocycles. The third-order valence-corrected chi connectivity index (χ3v) is 7.79. The highest BCUT2D eigenvalue weighted by molar-refractivity contribution is 7.92. The number of pyridine rings is 1. The third-order valence-electron chi connectivity index (χ3n) is 5.15. The molecule has 1 aromatic heterocycles. The van der Waals surface area contributed by atoms with E-state index in [9.17, 15) is 18.0 Å². The van der Waals surface area contributed by atoms with E-state index in [-0.39, 0.29) is 61.8 Å². The van der Waals surface area contributed by atoms with Crippen LogP contribution in [0.2, 0.25) is 15.1 Å². The van der Waals surface area contributed by atoms with E-state index in [0.29, 0.717) is 0 Å². The van der Waals surface area contributed by atoms with E-state index in [4.69, 9.17) is 39.5 Å². The number of hydrogen-bond acceptors (Lipinski definition) is 6. The van der Waals surface area contributed by atoms with Crippen molar-refractivity contribution in [2.75, 3.05) is 22.8 Å². The molecule has 13 heteroatoms. The Morgan fingerprint density at radius 2 is 1.78 bits per heavy atom. The molecular formula is C23H19Cl3N4O5S. The van der Waals surface area contributed by atoms with Crippen LogP contribution in [-0.2, 0) is 14.8 Å². The summed E-state index contributed by atoms with van der Waals surface area (Å²) in [5.41, 5.74) is 0.287. The minimum absolute atomic E-state index is 0.00206. The molecule has 3 aromatic rings. The fourth-order valence-corrected chi connectivity index (χ4v) is 5.97. The Labute approximate surface area is 222 Å². The number of hydrogen-bond donors (Lipinski definition) is 2. The Bertz CT molecular complexity index is 1430. The summed E-state index contributed by atoms with van der Waals surface area (Å²) in [5.74, 6) is -0.961. The molecule has 2 N–H and O–H groups in total. The van der Waals surface area contributed by atoms with E-state index in [1.807, 2.05) is 0 Å². The van der Waals surface area contributed by atoms with E-state index in [2.05, 4.69) is 15.6 Å². The molecule has 4 rings (SSSR count). The van der Waals surface area contributed by atoms with Crippen LogP contribution in [0.3, 0.4) is 0 Å². The molecule has 9 nitrogen and oxygen atoms in total. The van der Waals surface area contributed by atoms with Gasteiger partial charge in [0.05, 0.1) is 45.0 Å². The van der Waals surface area contributed by atoms with E-state index < -0.39 is 22.0 Å². The van der Waals surface area contributed by atoms with Crippen LogP contribution >= 0.6 is 34.8 Å². The summed E-state index contributed by atoms with van der Waals surface area (Å²) in [4.78, 5) is 28.7. The SMILES string of the molecule is CC(=O)N[C@H]1COc2ncc(NC(=O)c3c(Cl)cccc3Cl)cc2N(S(=O)(=O)c2cccc(Cl)c2)C1. The second-order valence-electron chi connectivity index (χ2n) is 7.80. The van der Waals surface area contributed by atoms with Crippen molar-refractivity contribution in [3.63, 3.8) is 0 Å². The second kappa shape index (κ2) is 10.5. The zero-order valence-electron chi connectivity index (χ0n) is 18.7. The second-order valence-corrected chi connectivity index (χ2v) is 10.9. The summed E-state index contributed by atoms with van der Waals surface area (Å²) >= 11 is 18.3. The monoisotopic (exact) mass is 568 g/mol. The Morgan fingerprint density at radius 3 is 2.44 bits per heavy atom. The maximum atomic E-state index is 13.7. The molecule has 36 heavy (non-hydrogen) atoms. The fraction of sp³-hybridized carbons (Fsp3) is 0.174. The number of sulfonamides is 1. The number of fused-ring (bicyclic) bond motifs is 1. The minimum atomic E-state index is -4.18. The van der Waals surface area contributed by atoms with Gasteiger partial charge in [0.25, 0.3) is 15.9 Å². The Hall–Kier alpha value is -3.05. The van der Waals surface area contributed by atoms with Crippen LogP contribution in [0.4, 0.5) is 11.4 Å². The summed E-state index contributed by atoms with van der Waals surface area (Å²) in [7, 11) is -4.18. The smallest absolute Gasteiger partial charge is 0.264 e. The predicted octanol–water partition coefficient (Wildman–Crippen LogP) is 4.39. The number of rotatable bonds is 5. The van der Waals surface area contributed by atoms with Crippen LogP contribution in [0.5, 0.6) is 5.88 Å². The van der Waals surface area contributed by atoms with Crippen molar-refractivity contribution >= 4 is 68.0 Å². The molecule has 0 fully saturated rings. The van der Waals surface area contributed by atoms with Gasteiger partial charge >= 0.3 is 0 Å². The highest BCUT2D eigenvalue weighted by Gasteiger charge is 2.34. The van der Waals surface area contributed by atoms with Crippen LogP contribution in [0.15, 0.2) is 59.6 Å². The standard InChI is InChI=1S/C23H19Cl3N4O5S/c1-13(31)28-16-11-30(36(33,34)17-5-2-4-14(24)8-17)20-9-15(10-27-23(20)35-12-16)29-22(32)21-18(25)6-3-7-19(21)26/h2-10,16H,11-12H2,1H3,(H,28,31)(H,29,32)/t16-/m1/s1. The number of halogens is 3. The van der Waals surface area contributed by atoms with Crippen LogP contribution in [0.1, 0.15) is 17.3 Å². The molecule has 0 radical (unpaired) electrons. The molecule has 0 bridgehead atoms. The largest absolute Gasteiger partial charge is 0.474 e. The zero-order chi connectivity index (χ0) is 26.0. The average Bonchev–Trinajstić information content (AvgIpc) is 2.98. The van der Waals surface area contributed by atoms with Crippen molar-refractivity contribution in [2.45, 2.75) is 17.9 Å². The Balaban J connectivity index is 1.76. The molecule has 1 aliphatic rings. The number of nitrogens with zero attached hydrogens (tertiary/aromatic N) is 2. The number of benzene rings is 2. The normalized spacial score (nSPS) is 15.3. The molecule has 2 aromatic carbocycles. The molecule has 2 amide bonds. The first-order valence-electron chi connectivity index (χ1n) is 10.5. The number of carbonyl (C=O) groups is 2. The number of amides is 2. The lowest BCUT2D eigenvalue weighted by Gasteiger charge is -2.26. The van der Waals surface area contributed by atoms with E-state index in [1.54, 1.807) is 12.1 Å². The van der Waals surface area contributed by atoms with Gasteiger partial charge in [-0.3, -0.25) is 13.9 Å². The van der Waals surface area contributed by atoms with Crippen molar-refractivity contribution < 1.29 is 22.7 Å². The number of anilines is 2. The summed E-state index contributed by atoms with van der Waals surface area (Å²) in [6.45, 7) is 1.14. The number of nitrogens with one attached hydrogen (secondary N) is 2. The van der Waals surface area contributed by atoms with Crippen LogP contribution in [0, 0.1) is 0 Å². The molecule has 1 aliphatic heterocycles. The van der Waals surface area contributed by atoms with Crippen LogP contribution < -0.4 is 19.7 Å². The maximum Gasteiger partial charge on any atom is 0.264 e. The molecule has 0 aliphatic carbocycles. The Morgan fingerprint density at radius 1 is 1.08 bits per heavy atom. The molecule has 0 spiro atoms. The first-order chi connectivity index (χ1) is 17.1. The molecule has 0 saturated heterocycles. The molecular weight excluding hydrogens is 551 g/mol. The first-order valence-corrected chi connectivity index (χ1v) is 13.1. The third kappa shape index (κ3) is 5.52. The molecule has 1 atom stereocenters. The molecule has 0 unspecified atom stereocenters. The average molecular weight is 570 g/mol. The summed E-state index contributed by atoms with van der Waals surface area (Å²) in [6.07, 6.45) is 1.31. The summed E-state index contributed by atoms with van der Waals surface area (Å²) in [5, 5.41) is 5.84. The van der Waals surface area contributed by atoms with E-state index in [0.717, 1.165) is 4.31 Å².